The summed E-state index contributed by atoms with van der Waals surface area (Å²) in [4.78, 5) is 21.2. The third-order valence-corrected chi connectivity index (χ3v) is 1.46. The second-order valence-electron chi connectivity index (χ2n) is 2.51. The fourth-order valence-electron chi connectivity index (χ4n) is 0.698. The van der Waals surface area contributed by atoms with Crippen LogP contribution in [0.5, 0.6) is 0 Å². The van der Waals surface area contributed by atoms with Gasteiger partial charge in [-0.1, -0.05) is 0 Å². The van der Waals surface area contributed by atoms with Gasteiger partial charge in [-0.15, -0.1) is 0 Å². The highest BCUT2D eigenvalue weighted by Crippen LogP contribution is 2.02. The fraction of sp³-hybridized carbons (Fsp3) is 0.714. The lowest BCUT2D eigenvalue weighted by Gasteiger charge is -2.21. The first-order valence-corrected chi connectivity index (χ1v) is 3.83. The average Bonchev–Trinajstić information content (AvgIpc) is 2.24. The lowest BCUT2D eigenvalue weighted by Crippen LogP contribution is -2.43. The number of carbonyl (C=O) groups is 2. The standard InChI is InChI=1S/C7H13NO6/c8-1-6(12)14-5(3-10)7(13)4(11)2-9/h3-5,7,9,11,13H,1-2,8H2/t4-,5-,7-/m1/s1/i/hD. The van der Waals surface area contributed by atoms with E-state index in [4.69, 9.17) is 11.6 Å². The fourth-order valence-corrected chi connectivity index (χ4v) is 0.698. The van der Waals surface area contributed by atoms with E-state index in [1.807, 2.05) is 0 Å². The molecule has 0 aromatic rings. The normalized spacial score (nSPS) is 17.8. The minimum absolute atomic E-state index is 0.130. The first kappa shape index (κ1) is 11.1. The Balaban J connectivity index is 4.23. The third-order valence-electron chi connectivity index (χ3n) is 1.46. The summed E-state index contributed by atoms with van der Waals surface area (Å²) < 4.78 is 10.9. The van der Waals surface area contributed by atoms with Gasteiger partial charge in [0.1, 0.15) is 13.6 Å². The summed E-state index contributed by atoms with van der Waals surface area (Å²) in [6, 6.07) is 0. The molecule has 0 spiro atoms. The highest BCUT2D eigenvalue weighted by molar-refractivity contribution is 5.74. The van der Waals surface area contributed by atoms with Crippen LogP contribution in [0, 0.1) is 0 Å². The third kappa shape index (κ3) is 3.79. The number of aliphatic hydroxyl groups is 3. The maximum absolute atomic E-state index is 10.8. The molecule has 0 radical (unpaired) electrons. The van der Waals surface area contributed by atoms with Gasteiger partial charge in [0.05, 0.1) is 13.2 Å². The van der Waals surface area contributed by atoms with Crippen LogP contribution in [-0.2, 0) is 14.3 Å². The number of hydrogen-bond donors (Lipinski definition) is 4. The monoisotopic (exact) mass is 208 g/mol. The Kier molecular flexibility index (Phi) is 5.08. The smallest absolute Gasteiger partial charge is 0.320 e. The number of rotatable bonds is 7. The van der Waals surface area contributed by atoms with Crippen molar-refractivity contribution in [3.05, 3.63) is 0 Å². The van der Waals surface area contributed by atoms with E-state index in [2.05, 4.69) is 4.74 Å². The van der Waals surface area contributed by atoms with Crippen LogP contribution in [0.25, 0.3) is 0 Å². The minimum atomic E-state index is -1.69. The maximum atomic E-state index is 10.8. The molecule has 0 aliphatic heterocycles. The Morgan fingerprint density at radius 1 is 1.64 bits per heavy atom. The van der Waals surface area contributed by atoms with Gasteiger partial charge >= 0.3 is 5.97 Å². The van der Waals surface area contributed by atoms with Gasteiger partial charge in [-0.3, -0.25) is 9.59 Å². The molecule has 0 amide bonds. The van der Waals surface area contributed by atoms with Crippen molar-refractivity contribution in [2.75, 3.05) is 13.2 Å². The van der Waals surface area contributed by atoms with E-state index in [1.165, 1.54) is 0 Å². The Labute approximate surface area is 81.6 Å². The van der Waals surface area contributed by atoms with Crippen LogP contribution in [0.4, 0.5) is 0 Å². The van der Waals surface area contributed by atoms with Crippen LogP contribution in [0.3, 0.4) is 0 Å². The number of nitrogens with two attached hydrogens (primary N) is 1. The van der Waals surface area contributed by atoms with Gasteiger partial charge < -0.3 is 25.8 Å². The highest BCUT2D eigenvalue weighted by atomic mass is 16.6. The van der Waals surface area contributed by atoms with E-state index < -0.39 is 37.4 Å². The van der Waals surface area contributed by atoms with Crippen LogP contribution < -0.4 is 5.73 Å². The van der Waals surface area contributed by atoms with Crippen molar-refractivity contribution in [2.24, 2.45) is 5.73 Å². The molecular weight excluding hydrogens is 194 g/mol. The molecule has 0 heterocycles. The van der Waals surface area contributed by atoms with E-state index in [-0.39, 0.29) is 6.29 Å². The summed E-state index contributed by atoms with van der Waals surface area (Å²) >= 11 is 0. The molecule has 7 heteroatoms. The molecular formula is C7H13NO6. The largest absolute Gasteiger partial charge is 0.451 e. The molecule has 7 nitrogen and oxygen atoms in total. The molecule has 0 aromatic heterocycles. The molecule has 0 bridgehead atoms. The molecule has 82 valence electrons. The van der Waals surface area contributed by atoms with E-state index in [0.29, 0.717) is 0 Å². The molecule has 0 saturated carbocycles. The number of esters is 1. The number of aliphatic hydroxyl groups excluding tert-OH is 3. The first-order valence-electron chi connectivity index (χ1n) is 4.33. The zero-order chi connectivity index (χ0) is 11.8. The summed E-state index contributed by atoms with van der Waals surface area (Å²) in [5.74, 6) is -0.925. The van der Waals surface area contributed by atoms with Crippen molar-refractivity contribution in [3.8, 4) is 0 Å². The van der Waals surface area contributed by atoms with Gasteiger partial charge in [0.2, 0.25) is 0 Å². The summed E-state index contributed by atoms with van der Waals surface area (Å²) in [6.45, 7) is -1.22. The topological polar surface area (TPSA) is 130 Å². The Morgan fingerprint density at radius 3 is 2.71 bits per heavy atom. The molecule has 3 atom stereocenters. The predicted molar refractivity (Wildman–Crippen MR) is 44.1 cm³/mol. The SMILES string of the molecule is [2H]NCC(=O)O[C@H](C=O)[C@H](O)[C@H](O)CO. The van der Waals surface area contributed by atoms with Gasteiger partial charge in [0.25, 0.3) is 0 Å². The summed E-state index contributed by atoms with van der Waals surface area (Å²) in [5.41, 5.74) is 1.75. The van der Waals surface area contributed by atoms with Gasteiger partial charge in [0, 0.05) is 0 Å². The predicted octanol–water partition coefficient (Wildman–Crippen LogP) is -3.23. The second kappa shape index (κ2) is 6.44. The van der Waals surface area contributed by atoms with E-state index in [9.17, 15) is 14.7 Å². The lowest BCUT2D eigenvalue weighted by atomic mass is 10.1. The minimum Gasteiger partial charge on any atom is -0.451 e. The molecule has 0 rings (SSSR count). The summed E-state index contributed by atoms with van der Waals surface area (Å²) in [7, 11) is 0. The van der Waals surface area contributed by atoms with Gasteiger partial charge in [0.15, 0.2) is 12.4 Å². The molecule has 5 N–H and O–H groups in total. The van der Waals surface area contributed by atoms with Gasteiger partial charge in [-0.05, 0) is 0 Å². The molecule has 14 heavy (non-hydrogen) atoms. The van der Waals surface area contributed by atoms with Crippen LogP contribution in [0.2, 0.25) is 1.41 Å². The quantitative estimate of drug-likeness (QED) is 0.255. The highest BCUT2D eigenvalue weighted by Gasteiger charge is 2.28. The van der Waals surface area contributed by atoms with Crippen molar-refractivity contribution >= 4 is 12.3 Å². The van der Waals surface area contributed by atoms with E-state index >= 15 is 0 Å². The van der Waals surface area contributed by atoms with Crippen LogP contribution in [0.1, 0.15) is 0 Å². The zero-order valence-corrected chi connectivity index (χ0v) is 7.29. The lowest BCUT2D eigenvalue weighted by molar-refractivity contribution is -0.162. The molecule has 0 aliphatic rings. The van der Waals surface area contributed by atoms with E-state index in [1.54, 1.807) is 5.73 Å². The number of carbonyl (C=O) groups excluding carboxylic acids is 2. The molecule has 0 aliphatic carbocycles. The van der Waals surface area contributed by atoms with Crippen LogP contribution in [-0.4, -0.2) is 59.0 Å². The average molecular weight is 208 g/mol. The van der Waals surface area contributed by atoms with Crippen molar-refractivity contribution in [1.82, 2.24) is 0 Å². The Bertz CT molecular complexity index is 214. The van der Waals surface area contributed by atoms with E-state index in [0.717, 1.165) is 0 Å². The molecule has 0 saturated heterocycles. The second-order valence-corrected chi connectivity index (χ2v) is 2.51. The van der Waals surface area contributed by atoms with Crippen molar-refractivity contribution < 1.29 is 31.1 Å². The zero-order valence-electron chi connectivity index (χ0n) is 8.29. The Morgan fingerprint density at radius 2 is 2.29 bits per heavy atom. The number of aldehydes is 1. The van der Waals surface area contributed by atoms with Crippen molar-refractivity contribution in [1.29, 1.82) is 0 Å². The van der Waals surface area contributed by atoms with Gasteiger partial charge in [-0.2, -0.15) is 0 Å². The summed E-state index contributed by atoms with van der Waals surface area (Å²) in [6.07, 6.45) is -4.70. The first-order chi connectivity index (χ1) is 7.06. The van der Waals surface area contributed by atoms with Crippen LogP contribution >= 0.6 is 0 Å². The summed E-state index contributed by atoms with van der Waals surface area (Å²) in [5, 5.41) is 26.7. The van der Waals surface area contributed by atoms with Crippen molar-refractivity contribution in [3.63, 3.8) is 0 Å². The maximum Gasteiger partial charge on any atom is 0.320 e. The molecule has 0 aromatic carbocycles. The number of ether oxygens (including phenoxy) is 1. The van der Waals surface area contributed by atoms with Gasteiger partial charge in [-0.25, -0.2) is 0 Å². The Hall–Kier alpha value is -1.02. The van der Waals surface area contributed by atoms with Crippen molar-refractivity contribution in [2.45, 2.75) is 18.3 Å². The number of hydrogen-bond acceptors (Lipinski definition) is 7. The van der Waals surface area contributed by atoms with Crippen LogP contribution in [0.15, 0.2) is 0 Å². The molecule has 0 fully saturated rings. The molecule has 0 unspecified atom stereocenters.